The van der Waals surface area contributed by atoms with Gasteiger partial charge in [0.25, 0.3) is 11.8 Å². The van der Waals surface area contributed by atoms with Crippen LogP contribution in [0.3, 0.4) is 0 Å². The van der Waals surface area contributed by atoms with Crippen molar-refractivity contribution in [1.29, 1.82) is 0 Å². The van der Waals surface area contributed by atoms with Crippen molar-refractivity contribution in [2.45, 2.75) is 19.3 Å². The molecule has 0 aliphatic carbocycles. The number of anilines is 1. The molecular formula is C20H23N3O4. The number of ether oxygens (including phenoxy) is 2. The van der Waals surface area contributed by atoms with Crippen LogP contribution in [-0.4, -0.2) is 49.0 Å². The summed E-state index contributed by atoms with van der Waals surface area (Å²) >= 11 is 0. The molecule has 2 aromatic rings. The average Bonchev–Trinajstić information content (AvgIpc) is 2.73. The standard InChI is InChI=1S/C20H23N3O4/c1-26-14-9-10-18(27-2)17(13-14)22-19(24)15-7-6-8-16(21-15)20(25)23-11-4-3-5-12-23/h6-10,13H,3-5,11-12H2,1-2H3,(H,22,24). The molecule has 0 saturated carbocycles. The predicted molar refractivity (Wildman–Crippen MR) is 101 cm³/mol. The van der Waals surface area contributed by atoms with Gasteiger partial charge in [-0.25, -0.2) is 4.98 Å². The molecule has 0 spiro atoms. The van der Waals surface area contributed by atoms with Crippen LogP contribution >= 0.6 is 0 Å². The van der Waals surface area contributed by atoms with Gasteiger partial charge in [-0.2, -0.15) is 0 Å². The second-order valence-electron chi connectivity index (χ2n) is 6.28. The van der Waals surface area contributed by atoms with E-state index in [-0.39, 0.29) is 17.3 Å². The molecule has 1 aromatic carbocycles. The van der Waals surface area contributed by atoms with Gasteiger partial charge in [-0.1, -0.05) is 6.07 Å². The molecule has 2 amide bonds. The molecule has 27 heavy (non-hydrogen) atoms. The van der Waals surface area contributed by atoms with Gasteiger partial charge in [0.2, 0.25) is 0 Å². The molecule has 1 aromatic heterocycles. The molecule has 0 unspecified atom stereocenters. The van der Waals surface area contributed by atoms with Crippen LogP contribution in [0.2, 0.25) is 0 Å². The average molecular weight is 369 g/mol. The Morgan fingerprint density at radius 1 is 1.00 bits per heavy atom. The van der Waals surface area contributed by atoms with E-state index in [1.807, 2.05) is 0 Å². The number of rotatable bonds is 5. The SMILES string of the molecule is COc1ccc(OC)c(NC(=O)c2cccc(C(=O)N3CCCCC3)n2)c1. The van der Waals surface area contributed by atoms with Gasteiger partial charge in [0.1, 0.15) is 22.9 Å². The highest BCUT2D eigenvalue weighted by atomic mass is 16.5. The maximum atomic E-state index is 12.6. The van der Waals surface area contributed by atoms with Gasteiger partial charge in [-0.05, 0) is 43.5 Å². The number of nitrogens with zero attached hydrogens (tertiary/aromatic N) is 2. The predicted octanol–water partition coefficient (Wildman–Crippen LogP) is 2.98. The van der Waals surface area contributed by atoms with Gasteiger partial charge in [-0.3, -0.25) is 9.59 Å². The van der Waals surface area contributed by atoms with Gasteiger partial charge in [0.15, 0.2) is 0 Å². The number of hydrogen-bond acceptors (Lipinski definition) is 5. The molecule has 142 valence electrons. The Kier molecular flexibility index (Phi) is 5.90. The monoisotopic (exact) mass is 369 g/mol. The van der Waals surface area contributed by atoms with Crippen LogP contribution in [0.1, 0.15) is 40.2 Å². The number of piperidine rings is 1. The number of nitrogens with one attached hydrogen (secondary N) is 1. The highest BCUT2D eigenvalue weighted by molar-refractivity contribution is 6.04. The molecule has 1 aliphatic heterocycles. The lowest BCUT2D eigenvalue weighted by Gasteiger charge is -2.26. The van der Waals surface area contributed by atoms with Gasteiger partial charge >= 0.3 is 0 Å². The number of pyridine rings is 1. The van der Waals surface area contributed by atoms with Gasteiger partial charge in [0.05, 0.1) is 19.9 Å². The van der Waals surface area contributed by atoms with Crippen molar-refractivity contribution in [3.05, 3.63) is 47.8 Å². The molecule has 7 nitrogen and oxygen atoms in total. The Hall–Kier alpha value is -3.09. The topological polar surface area (TPSA) is 80.8 Å². The zero-order valence-electron chi connectivity index (χ0n) is 15.5. The number of amides is 2. The third-order valence-electron chi connectivity index (χ3n) is 4.50. The zero-order valence-corrected chi connectivity index (χ0v) is 15.5. The van der Waals surface area contributed by atoms with Crippen molar-refractivity contribution in [2.75, 3.05) is 32.6 Å². The number of likely N-dealkylation sites (tertiary alicyclic amines) is 1. The molecule has 0 atom stereocenters. The largest absolute Gasteiger partial charge is 0.497 e. The van der Waals surface area contributed by atoms with Crippen LogP contribution in [0, 0.1) is 0 Å². The summed E-state index contributed by atoms with van der Waals surface area (Å²) in [6, 6.07) is 10.00. The number of aromatic nitrogens is 1. The highest BCUT2D eigenvalue weighted by Gasteiger charge is 2.20. The molecule has 1 saturated heterocycles. The minimum atomic E-state index is -0.421. The fourth-order valence-corrected chi connectivity index (χ4v) is 3.04. The van der Waals surface area contributed by atoms with Crippen LogP contribution < -0.4 is 14.8 Å². The van der Waals surface area contributed by atoms with Crippen LogP contribution in [0.15, 0.2) is 36.4 Å². The van der Waals surface area contributed by atoms with Crippen molar-refractivity contribution in [3.8, 4) is 11.5 Å². The molecule has 1 aliphatic rings. The Balaban J connectivity index is 1.78. The summed E-state index contributed by atoms with van der Waals surface area (Å²) in [5, 5.41) is 2.77. The summed E-state index contributed by atoms with van der Waals surface area (Å²) in [4.78, 5) is 31.3. The lowest BCUT2D eigenvalue weighted by atomic mass is 10.1. The third-order valence-corrected chi connectivity index (χ3v) is 4.50. The van der Waals surface area contributed by atoms with E-state index in [1.165, 1.54) is 7.11 Å². The first-order valence-electron chi connectivity index (χ1n) is 8.92. The second-order valence-corrected chi connectivity index (χ2v) is 6.28. The van der Waals surface area contributed by atoms with Crippen molar-refractivity contribution in [1.82, 2.24) is 9.88 Å². The fraction of sp³-hybridized carbons (Fsp3) is 0.350. The van der Waals surface area contributed by atoms with Gasteiger partial charge < -0.3 is 19.7 Å². The number of hydrogen-bond donors (Lipinski definition) is 1. The number of carbonyl (C=O) groups is 2. The summed E-state index contributed by atoms with van der Waals surface area (Å²) < 4.78 is 10.5. The minimum Gasteiger partial charge on any atom is -0.497 e. The molecule has 0 bridgehead atoms. The van der Waals surface area contributed by atoms with Crippen LogP contribution in [0.5, 0.6) is 11.5 Å². The second kappa shape index (κ2) is 8.53. The Morgan fingerprint density at radius 2 is 1.74 bits per heavy atom. The maximum absolute atomic E-state index is 12.6. The summed E-state index contributed by atoms with van der Waals surface area (Å²) in [7, 11) is 3.07. The van der Waals surface area contributed by atoms with Crippen molar-refractivity contribution >= 4 is 17.5 Å². The van der Waals surface area contributed by atoms with E-state index in [0.29, 0.717) is 17.2 Å². The summed E-state index contributed by atoms with van der Waals surface area (Å²) in [6.07, 6.45) is 3.14. The van der Waals surface area contributed by atoms with Crippen LogP contribution in [0.4, 0.5) is 5.69 Å². The minimum absolute atomic E-state index is 0.136. The Labute approximate surface area is 158 Å². The molecule has 7 heteroatoms. The van der Waals surface area contributed by atoms with E-state index >= 15 is 0 Å². The Morgan fingerprint density at radius 3 is 2.44 bits per heavy atom. The van der Waals surface area contributed by atoms with E-state index in [1.54, 1.807) is 48.4 Å². The summed E-state index contributed by atoms with van der Waals surface area (Å²) in [5.74, 6) is 0.538. The van der Waals surface area contributed by atoms with Crippen molar-refractivity contribution < 1.29 is 19.1 Å². The van der Waals surface area contributed by atoms with E-state index < -0.39 is 5.91 Å². The molecule has 0 radical (unpaired) electrons. The normalized spacial score (nSPS) is 13.8. The van der Waals surface area contributed by atoms with E-state index in [4.69, 9.17) is 9.47 Å². The first-order chi connectivity index (χ1) is 13.1. The fourth-order valence-electron chi connectivity index (χ4n) is 3.04. The summed E-state index contributed by atoms with van der Waals surface area (Å²) in [5.41, 5.74) is 0.918. The van der Waals surface area contributed by atoms with Gasteiger partial charge in [0, 0.05) is 19.2 Å². The molecular weight excluding hydrogens is 346 g/mol. The third kappa shape index (κ3) is 4.36. The first-order valence-corrected chi connectivity index (χ1v) is 8.92. The van der Waals surface area contributed by atoms with Crippen LogP contribution in [-0.2, 0) is 0 Å². The number of benzene rings is 1. The van der Waals surface area contributed by atoms with E-state index in [2.05, 4.69) is 10.3 Å². The van der Waals surface area contributed by atoms with Crippen molar-refractivity contribution in [3.63, 3.8) is 0 Å². The number of methoxy groups -OCH3 is 2. The van der Waals surface area contributed by atoms with E-state index in [9.17, 15) is 9.59 Å². The molecule has 1 fully saturated rings. The maximum Gasteiger partial charge on any atom is 0.274 e. The van der Waals surface area contributed by atoms with E-state index in [0.717, 1.165) is 32.4 Å². The smallest absolute Gasteiger partial charge is 0.274 e. The quantitative estimate of drug-likeness (QED) is 0.876. The summed E-state index contributed by atoms with van der Waals surface area (Å²) in [6.45, 7) is 1.47. The number of carbonyl (C=O) groups excluding carboxylic acids is 2. The molecule has 3 rings (SSSR count). The molecule has 1 N–H and O–H groups in total. The Bertz CT molecular complexity index is 832. The zero-order chi connectivity index (χ0) is 19.2. The van der Waals surface area contributed by atoms with Crippen LogP contribution in [0.25, 0.3) is 0 Å². The van der Waals surface area contributed by atoms with Gasteiger partial charge in [-0.15, -0.1) is 0 Å². The first kappa shape index (κ1) is 18.7. The van der Waals surface area contributed by atoms with Crippen molar-refractivity contribution in [2.24, 2.45) is 0 Å². The lowest BCUT2D eigenvalue weighted by Crippen LogP contribution is -2.36. The lowest BCUT2D eigenvalue weighted by molar-refractivity contribution is 0.0718. The highest BCUT2D eigenvalue weighted by Crippen LogP contribution is 2.29. The molecule has 2 heterocycles.